The van der Waals surface area contributed by atoms with Crippen LogP contribution in [-0.2, 0) is 14.8 Å². The van der Waals surface area contributed by atoms with Crippen molar-refractivity contribution in [1.29, 1.82) is 0 Å². The molecule has 8 heteroatoms. The van der Waals surface area contributed by atoms with Crippen molar-refractivity contribution in [1.82, 2.24) is 9.62 Å². The normalized spacial score (nSPS) is 30.9. The van der Waals surface area contributed by atoms with E-state index in [9.17, 15) is 13.2 Å². The van der Waals surface area contributed by atoms with Crippen LogP contribution in [0.2, 0.25) is 0 Å². The van der Waals surface area contributed by atoms with Gasteiger partial charge >= 0.3 is 0 Å². The fourth-order valence-electron chi connectivity index (χ4n) is 5.82. The van der Waals surface area contributed by atoms with Gasteiger partial charge in [-0.15, -0.1) is 0 Å². The molecule has 3 fully saturated rings. The number of carbonyl (C=O) groups is 1. The Morgan fingerprint density at radius 3 is 2.53 bits per heavy atom. The first-order chi connectivity index (χ1) is 14.1. The zero-order chi connectivity index (χ0) is 21.7. The highest BCUT2D eigenvalue weighted by Gasteiger charge is 2.59. The Balaban J connectivity index is 1.62. The molecule has 2 saturated carbocycles. The molecule has 3 unspecified atom stereocenters. The fourth-order valence-corrected chi connectivity index (χ4v) is 7.41. The lowest BCUT2D eigenvalue weighted by Gasteiger charge is -2.43. The molecule has 30 heavy (non-hydrogen) atoms. The van der Waals surface area contributed by atoms with Crippen LogP contribution in [0.5, 0.6) is 5.75 Å². The van der Waals surface area contributed by atoms with Crippen LogP contribution in [0.1, 0.15) is 50.4 Å². The molecule has 166 valence electrons. The Morgan fingerprint density at radius 1 is 1.23 bits per heavy atom. The second-order valence-corrected chi connectivity index (χ2v) is 11.6. The number of hydrogen-bond donors (Lipinski definition) is 1. The van der Waals surface area contributed by atoms with Gasteiger partial charge in [0, 0.05) is 24.7 Å². The molecule has 3 atom stereocenters. The van der Waals surface area contributed by atoms with Gasteiger partial charge < -0.3 is 14.8 Å². The number of methoxy groups -OCH3 is 1. The monoisotopic (exact) mass is 436 g/mol. The lowest BCUT2D eigenvalue weighted by molar-refractivity contribution is 0.0728. The Bertz CT molecular complexity index is 934. The summed E-state index contributed by atoms with van der Waals surface area (Å²) in [5.41, 5.74) is 0.460. The van der Waals surface area contributed by atoms with Crippen LogP contribution in [0.3, 0.4) is 0 Å². The van der Waals surface area contributed by atoms with Gasteiger partial charge in [0.2, 0.25) is 10.0 Å². The molecule has 2 aliphatic carbocycles. The molecule has 0 spiro atoms. The molecule has 0 aromatic heterocycles. The summed E-state index contributed by atoms with van der Waals surface area (Å²) in [7, 11) is -2.35. The number of hydrogen-bond acceptors (Lipinski definition) is 5. The van der Waals surface area contributed by atoms with Crippen molar-refractivity contribution in [3.63, 3.8) is 0 Å². The van der Waals surface area contributed by atoms with Crippen molar-refractivity contribution in [2.45, 2.75) is 51.0 Å². The number of nitrogens with zero attached hydrogens (tertiary/aromatic N) is 1. The zero-order valence-corrected chi connectivity index (χ0v) is 19.0. The SMILES string of the molecule is COc1ccc(C(=O)NC2C3(C)CCC(C3)C2(C)C)cc1S(=O)(=O)N1CCOCC1. The summed E-state index contributed by atoms with van der Waals surface area (Å²) in [5, 5.41) is 3.24. The average Bonchev–Trinajstić information content (AvgIpc) is 3.22. The fraction of sp³-hybridized carbons (Fsp3) is 0.682. The van der Waals surface area contributed by atoms with E-state index in [0.29, 0.717) is 24.7 Å². The smallest absolute Gasteiger partial charge is 0.251 e. The quantitative estimate of drug-likeness (QED) is 0.767. The van der Waals surface area contributed by atoms with Crippen LogP contribution < -0.4 is 10.1 Å². The van der Waals surface area contributed by atoms with E-state index >= 15 is 0 Å². The third-order valence-corrected chi connectivity index (χ3v) is 9.48. The molecular weight excluding hydrogens is 404 g/mol. The summed E-state index contributed by atoms with van der Waals surface area (Å²) in [5.74, 6) is 0.620. The predicted molar refractivity (Wildman–Crippen MR) is 113 cm³/mol. The summed E-state index contributed by atoms with van der Waals surface area (Å²) in [4.78, 5) is 13.2. The zero-order valence-electron chi connectivity index (χ0n) is 18.2. The Hall–Kier alpha value is -1.64. The summed E-state index contributed by atoms with van der Waals surface area (Å²) in [6, 6.07) is 4.71. The van der Waals surface area contributed by atoms with Gasteiger partial charge in [-0.25, -0.2) is 8.42 Å². The number of amides is 1. The van der Waals surface area contributed by atoms with Crippen molar-refractivity contribution in [2.24, 2.45) is 16.7 Å². The van der Waals surface area contributed by atoms with Gasteiger partial charge in [-0.05, 0) is 54.2 Å². The van der Waals surface area contributed by atoms with E-state index in [4.69, 9.17) is 9.47 Å². The third-order valence-electron chi connectivity index (χ3n) is 7.56. The van der Waals surface area contributed by atoms with Gasteiger partial charge in [0.15, 0.2) is 0 Å². The van der Waals surface area contributed by atoms with Gasteiger partial charge in [0.1, 0.15) is 10.6 Å². The summed E-state index contributed by atoms with van der Waals surface area (Å²) < 4.78 is 38.4. The van der Waals surface area contributed by atoms with Crippen molar-refractivity contribution in [3.8, 4) is 5.75 Å². The van der Waals surface area contributed by atoms with E-state index in [0.717, 1.165) is 12.8 Å². The number of benzene rings is 1. The van der Waals surface area contributed by atoms with Crippen LogP contribution in [0.25, 0.3) is 0 Å². The van der Waals surface area contributed by atoms with Gasteiger partial charge in [0.25, 0.3) is 5.91 Å². The van der Waals surface area contributed by atoms with Gasteiger partial charge in [-0.2, -0.15) is 4.31 Å². The molecule has 4 rings (SSSR count). The average molecular weight is 437 g/mol. The second kappa shape index (κ2) is 7.50. The third kappa shape index (κ3) is 3.42. The van der Waals surface area contributed by atoms with E-state index in [-0.39, 0.29) is 46.5 Å². The van der Waals surface area contributed by atoms with E-state index in [2.05, 4.69) is 26.1 Å². The van der Waals surface area contributed by atoms with Crippen molar-refractivity contribution in [2.75, 3.05) is 33.4 Å². The summed E-state index contributed by atoms with van der Waals surface area (Å²) in [6.07, 6.45) is 3.45. The summed E-state index contributed by atoms with van der Waals surface area (Å²) in [6.45, 7) is 8.02. The lowest BCUT2D eigenvalue weighted by atomic mass is 9.68. The lowest BCUT2D eigenvalue weighted by Crippen LogP contribution is -2.52. The van der Waals surface area contributed by atoms with Gasteiger partial charge in [0.05, 0.1) is 20.3 Å². The maximum Gasteiger partial charge on any atom is 0.251 e. The number of fused-ring (bicyclic) bond motifs is 2. The molecule has 1 aromatic rings. The number of carbonyl (C=O) groups excluding carboxylic acids is 1. The van der Waals surface area contributed by atoms with Crippen LogP contribution in [-0.4, -0.2) is 58.1 Å². The van der Waals surface area contributed by atoms with Crippen molar-refractivity contribution in [3.05, 3.63) is 23.8 Å². The first kappa shape index (κ1) is 21.6. The molecule has 1 heterocycles. The highest BCUT2D eigenvalue weighted by atomic mass is 32.2. The maximum atomic E-state index is 13.2. The molecule has 0 radical (unpaired) electrons. The molecule has 2 bridgehead atoms. The highest BCUT2D eigenvalue weighted by Crippen LogP contribution is 2.62. The minimum atomic E-state index is -3.78. The molecule has 1 aromatic carbocycles. The standard InChI is InChI=1S/C22H32N2O5S/c1-21(2)16-7-8-22(3,14-16)20(21)23-19(25)15-5-6-17(28-4)18(13-15)30(26,27)24-9-11-29-12-10-24/h5-6,13,16,20H,7-12,14H2,1-4H3,(H,23,25). The number of sulfonamides is 1. The molecule has 1 amide bonds. The minimum absolute atomic E-state index is 0.0256. The van der Waals surface area contributed by atoms with Gasteiger partial charge in [-0.1, -0.05) is 20.8 Å². The first-order valence-corrected chi connectivity index (χ1v) is 12.1. The van der Waals surface area contributed by atoms with Crippen molar-refractivity contribution < 1.29 is 22.7 Å². The Morgan fingerprint density at radius 2 is 1.93 bits per heavy atom. The maximum absolute atomic E-state index is 13.2. The van der Waals surface area contributed by atoms with Gasteiger partial charge in [-0.3, -0.25) is 4.79 Å². The molecule has 1 saturated heterocycles. The number of morpholine rings is 1. The van der Waals surface area contributed by atoms with Crippen LogP contribution in [0.15, 0.2) is 23.1 Å². The molecular formula is C22H32N2O5S. The van der Waals surface area contributed by atoms with Crippen LogP contribution in [0.4, 0.5) is 0 Å². The Kier molecular flexibility index (Phi) is 5.39. The second-order valence-electron chi connectivity index (χ2n) is 9.70. The molecule has 1 N–H and O–H groups in total. The number of rotatable bonds is 5. The van der Waals surface area contributed by atoms with E-state index in [1.165, 1.54) is 23.9 Å². The number of nitrogens with one attached hydrogen (secondary N) is 1. The van der Waals surface area contributed by atoms with E-state index in [1.807, 2.05) is 0 Å². The first-order valence-electron chi connectivity index (χ1n) is 10.7. The number of ether oxygens (including phenoxy) is 2. The van der Waals surface area contributed by atoms with Crippen molar-refractivity contribution >= 4 is 15.9 Å². The molecule has 3 aliphatic rings. The van der Waals surface area contributed by atoms with E-state index < -0.39 is 10.0 Å². The highest BCUT2D eigenvalue weighted by molar-refractivity contribution is 7.89. The van der Waals surface area contributed by atoms with Crippen LogP contribution >= 0.6 is 0 Å². The molecule has 7 nitrogen and oxygen atoms in total. The topological polar surface area (TPSA) is 84.9 Å². The van der Waals surface area contributed by atoms with E-state index in [1.54, 1.807) is 12.1 Å². The minimum Gasteiger partial charge on any atom is -0.495 e. The van der Waals surface area contributed by atoms with Crippen LogP contribution in [0, 0.1) is 16.7 Å². The Labute approximate surface area is 179 Å². The molecule has 1 aliphatic heterocycles. The summed E-state index contributed by atoms with van der Waals surface area (Å²) >= 11 is 0. The largest absolute Gasteiger partial charge is 0.495 e. The predicted octanol–water partition coefficient (Wildman–Crippen LogP) is 2.66.